The average molecular weight is 328 g/mol. The predicted molar refractivity (Wildman–Crippen MR) is 91.2 cm³/mol. The Hall–Kier alpha value is -2.08. The van der Waals surface area contributed by atoms with Gasteiger partial charge in [0.05, 0.1) is 6.26 Å². The standard InChI is InChI=1S/C17H20N4OS/c1-13(2)12-21-16(15-7-5-10-22-15)19-20-17(21)23-11-8-14-6-3-4-9-18-14/h3-7,9-10,13H,8,11-12H2,1-2H3. The number of pyridine rings is 1. The van der Waals surface area contributed by atoms with E-state index in [2.05, 4.69) is 33.6 Å². The lowest BCUT2D eigenvalue weighted by Crippen LogP contribution is -2.08. The maximum atomic E-state index is 5.49. The molecule has 23 heavy (non-hydrogen) atoms. The first kappa shape index (κ1) is 15.8. The highest BCUT2D eigenvalue weighted by Gasteiger charge is 2.17. The van der Waals surface area contributed by atoms with Crippen molar-refractivity contribution in [2.45, 2.75) is 32.0 Å². The minimum atomic E-state index is 0.509. The highest BCUT2D eigenvalue weighted by molar-refractivity contribution is 7.99. The van der Waals surface area contributed by atoms with E-state index in [1.54, 1.807) is 18.0 Å². The van der Waals surface area contributed by atoms with Crippen LogP contribution in [0.2, 0.25) is 0 Å². The summed E-state index contributed by atoms with van der Waals surface area (Å²) in [6.45, 7) is 5.25. The highest BCUT2D eigenvalue weighted by atomic mass is 32.2. The normalized spacial score (nSPS) is 11.3. The topological polar surface area (TPSA) is 56.7 Å². The first-order valence-corrected chi connectivity index (χ1v) is 8.72. The van der Waals surface area contributed by atoms with Crippen molar-refractivity contribution in [3.05, 3.63) is 48.5 Å². The number of furan rings is 1. The molecular weight excluding hydrogens is 308 g/mol. The third kappa shape index (κ3) is 4.01. The number of hydrogen-bond acceptors (Lipinski definition) is 5. The molecule has 0 spiro atoms. The number of hydrogen-bond donors (Lipinski definition) is 0. The zero-order valence-electron chi connectivity index (χ0n) is 13.3. The molecule has 0 aliphatic carbocycles. The molecule has 0 aromatic carbocycles. The molecule has 0 fully saturated rings. The maximum absolute atomic E-state index is 5.49. The van der Waals surface area contributed by atoms with Crippen LogP contribution in [0.1, 0.15) is 19.5 Å². The minimum absolute atomic E-state index is 0.509. The smallest absolute Gasteiger partial charge is 0.200 e. The molecule has 0 N–H and O–H groups in total. The number of aromatic nitrogens is 4. The molecule has 3 aromatic heterocycles. The zero-order valence-corrected chi connectivity index (χ0v) is 14.2. The SMILES string of the molecule is CC(C)Cn1c(SCCc2ccccn2)nnc1-c1ccco1. The van der Waals surface area contributed by atoms with Crippen molar-refractivity contribution in [1.29, 1.82) is 0 Å². The van der Waals surface area contributed by atoms with Crippen LogP contribution in [0.4, 0.5) is 0 Å². The quantitative estimate of drug-likeness (QED) is 0.615. The van der Waals surface area contributed by atoms with Gasteiger partial charge in [0.15, 0.2) is 16.7 Å². The first-order chi connectivity index (χ1) is 11.2. The Morgan fingerprint density at radius 1 is 1.17 bits per heavy atom. The van der Waals surface area contributed by atoms with Crippen molar-refractivity contribution in [3.8, 4) is 11.6 Å². The van der Waals surface area contributed by atoms with Crippen LogP contribution in [0, 0.1) is 5.92 Å². The number of rotatable bonds is 7. The summed E-state index contributed by atoms with van der Waals surface area (Å²) in [5, 5.41) is 9.60. The van der Waals surface area contributed by atoms with E-state index in [4.69, 9.17) is 4.42 Å². The third-order valence-corrected chi connectivity index (χ3v) is 4.29. The molecule has 0 aliphatic rings. The molecule has 120 valence electrons. The Kier molecular flexibility index (Phi) is 5.12. The summed E-state index contributed by atoms with van der Waals surface area (Å²) in [4.78, 5) is 4.36. The van der Waals surface area contributed by atoms with Gasteiger partial charge in [-0.2, -0.15) is 0 Å². The molecule has 0 bridgehead atoms. The largest absolute Gasteiger partial charge is 0.461 e. The fourth-order valence-corrected chi connectivity index (χ4v) is 3.22. The summed E-state index contributed by atoms with van der Waals surface area (Å²) in [5.74, 6) is 2.99. The summed E-state index contributed by atoms with van der Waals surface area (Å²) in [6, 6.07) is 9.79. The number of nitrogens with zero attached hydrogens (tertiary/aromatic N) is 4. The van der Waals surface area contributed by atoms with Crippen LogP contribution in [0.15, 0.2) is 52.4 Å². The van der Waals surface area contributed by atoms with Gasteiger partial charge in [-0.25, -0.2) is 0 Å². The summed E-state index contributed by atoms with van der Waals surface area (Å²) >= 11 is 1.71. The van der Waals surface area contributed by atoms with Gasteiger partial charge in [0.25, 0.3) is 0 Å². The monoisotopic (exact) mass is 328 g/mol. The van der Waals surface area contributed by atoms with Gasteiger partial charge in [-0.3, -0.25) is 9.55 Å². The summed E-state index contributed by atoms with van der Waals surface area (Å²) < 4.78 is 7.63. The molecule has 0 amide bonds. The van der Waals surface area contributed by atoms with Crippen LogP contribution in [0.5, 0.6) is 0 Å². The molecule has 0 atom stereocenters. The second-order valence-electron chi connectivity index (χ2n) is 5.71. The zero-order chi connectivity index (χ0) is 16.1. The van der Waals surface area contributed by atoms with E-state index >= 15 is 0 Å². The lowest BCUT2D eigenvalue weighted by molar-refractivity contribution is 0.489. The van der Waals surface area contributed by atoms with Crippen LogP contribution < -0.4 is 0 Å². The lowest BCUT2D eigenvalue weighted by Gasteiger charge is -2.11. The number of thioether (sulfide) groups is 1. The van der Waals surface area contributed by atoms with E-state index in [1.807, 2.05) is 36.5 Å². The van der Waals surface area contributed by atoms with Crippen molar-refractivity contribution >= 4 is 11.8 Å². The van der Waals surface area contributed by atoms with Gasteiger partial charge in [-0.1, -0.05) is 31.7 Å². The molecule has 3 heterocycles. The van der Waals surface area contributed by atoms with Crippen molar-refractivity contribution in [3.63, 3.8) is 0 Å². The summed E-state index contributed by atoms with van der Waals surface area (Å²) in [5.41, 5.74) is 1.10. The van der Waals surface area contributed by atoms with E-state index in [1.165, 1.54) is 0 Å². The van der Waals surface area contributed by atoms with Crippen LogP contribution in [-0.4, -0.2) is 25.5 Å². The average Bonchev–Trinajstić information content (AvgIpc) is 3.18. The van der Waals surface area contributed by atoms with Crippen LogP contribution in [-0.2, 0) is 13.0 Å². The second kappa shape index (κ2) is 7.46. The Balaban J connectivity index is 1.73. The van der Waals surface area contributed by atoms with Gasteiger partial charge in [0.2, 0.25) is 0 Å². The molecule has 0 saturated carbocycles. The van der Waals surface area contributed by atoms with Gasteiger partial charge in [0, 0.05) is 24.2 Å². The molecular formula is C17H20N4OS. The first-order valence-electron chi connectivity index (χ1n) is 7.74. The van der Waals surface area contributed by atoms with E-state index in [0.29, 0.717) is 5.92 Å². The molecule has 0 aliphatic heterocycles. The van der Waals surface area contributed by atoms with E-state index in [-0.39, 0.29) is 0 Å². The second-order valence-corrected chi connectivity index (χ2v) is 6.77. The molecule has 0 radical (unpaired) electrons. The number of aryl methyl sites for hydroxylation is 1. The van der Waals surface area contributed by atoms with Crippen LogP contribution in [0.25, 0.3) is 11.6 Å². The van der Waals surface area contributed by atoms with Crippen molar-refractivity contribution in [1.82, 2.24) is 19.7 Å². The van der Waals surface area contributed by atoms with Gasteiger partial charge in [-0.05, 0) is 36.6 Å². The predicted octanol–water partition coefficient (Wildman–Crippen LogP) is 3.92. The van der Waals surface area contributed by atoms with E-state index in [9.17, 15) is 0 Å². The molecule has 3 rings (SSSR count). The van der Waals surface area contributed by atoms with Crippen molar-refractivity contribution < 1.29 is 4.42 Å². The van der Waals surface area contributed by atoms with Gasteiger partial charge >= 0.3 is 0 Å². The lowest BCUT2D eigenvalue weighted by atomic mass is 10.2. The van der Waals surface area contributed by atoms with Crippen molar-refractivity contribution in [2.75, 3.05) is 5.75 Å². The van der Waals surface area contributed by atoms with E-state index in [0.717, 1.165) is 41.2 Å². The molecule has 3 aromatic rings. The Bertz CT molecular complexity index is 722. The molecule has 0 unspecified atom stereocenters. The van der Waals surface area contributed by atoms with Crippen molar-refractivity contribution in [2.24, 2.45) is 5.92 Å². The highest BCUT2D eigenvalue weighted by Crippen LogP contribution is 2.25. The molecule has 0 saturated heterocycles. The fraction of sp³-hybridized carbons (Fsp3) is 0.353. The minimum Gasteiger partial charge on any atom is -0.461 e. The fourth-order valence-electron chi connectivity index (χ4n) is 2.31. The molecule has 6 heteroatoms. The Morgan fingerprint density at radius 2 is 2.09 bits per heavy atom. The summed E-state index contributed by atoms with van der Waals surface area (Å²) in [7, 11) is 0. The van der Waals surface area contributed by atoms with Crippen LogP contribution in [0.3, 0.4) is 0 Å². The van der Waals surface area contributed by atoms with Gasteiger partial charge in [-0.15, -0.1) is 10.2 Å². The maximum Gasteiger partial charge on any atom is 0.200 e. The Labute approximate surface area is 140 Å². The summed E-state index contributed by atoms with van der Waals surface area (Å²) in [6.07, 6.45) is 4.41. The van der Waals surface area contributed by atoms with Gasteiger partial charge < -0.3 is 4.42 Å². The molecule has 5 nitrogen and oxygen atoms in total. The van der Waals surface area contributed by atoms with Gasteiger partial charge in [0.1, 0.15) is 0 Å². The van der Waals surface area contributed by atoms with Crippen LogP contribution >= 0.6 is 11.8 Å². The Morgan fingerprint density at radius 3 is 2.78 bits per heavy atom. The van der Waals surface area contributed by atoms with E-state index < -0.39 is 0 Å². The third-order valence-electron chi connectivity index (χ3n) is 3.32.